The summed E-state index contributed by atoms with van der Waals surface area (Å²) in [5.74, 6) is -0.0492. The van der Waals surface area contributed by atoms with Gasteiger partial charge in [0.05, 0.1) is 18.2 Å². The number of carbonyl (C=O) groups is 2. The van der Waals surface area contributed by atoms with Gasteiger partial charge in [-0.05, 0) is 12.1 Å². The van der Waals surface area contributed by atoms with Crippen molar-refractivity contribution in [3.05, 3.63) is 53.3 Å². The molecule has 0 aliphatic carbocycles. The zero-order chi connectivity index (χ0) is 14.8. The van der Waals surface area contributed by atoms with Crippen LogP contribution < -0.4 is 15.8 Å². The lowest BCUT2D eigenvalue weighted by atomic mass is 10.0. The fourth-order valence-corrected chi connectivity index (χ4v) is 2.40. The van der Waals surface area contributed by atoms with E-state index in [1.165, 1.54) is 12.3 Å². The van der Waals surface area contributed by atoms with Crippen molar-refractivity contribution in [2.24, 2.45) is 5.73 Å². The Morgan fingerprint density at radius 2 is 2.14 bits per heavy atom. The van der Waals surface area contributed by atoms with Crippen molar-refractivity contribution < 1.29 is 14.3 Å². The van der Waals surface area contributed by atoms with Gasteiger partial charge in [0.15, 0.2) is 0 Å². The molecule has 2 heterocycles. The van der Waals surface area contributed by atoms with Gasteiger partial charge in [-0.3, -0.25) is 9.59 Å². The molecule has 2 amide bonds. The first-order valence-corrected chi connectivity index (χ1v) is 6.66. The van der Waals surface area contributed by atoms with E-state index in [1.807, 2.05) is 24.3 Å². The minimum atomic E-state index is -0.592. The number of hydrogen-bond acceptors (Lipinski definition) is 3. The maximum absolute atomic E-state index is 12.2. The van der Waals surface area contributed by atoms with Crippen molar-refractivity contribution >= 4 is 11.8 Å². The van der Waals surface area contributed by atoms with Crippen LogP contribution in [0, 0.1) is 0 Å². The van der Waals surface area contributed by atoms with Gasteiger partial charge in [-0.2, -0.15) is 0 Å². The number of nitrogens with one attached hydrogen (secondary N) is 2. The fourth-order valence-electron chi connectivity index (χ4n) is 2.40. The first-order chi connectivity index (χ1) is 10.1. The zero-order valence-electron chi connectivity index (χ0n) is 11.3. The van der Waals surface area contributed by atoms with E-state index >= 15 is 0 Å². The molecular formula is C15H15N3O3. The molecule has 0 bridgehead atoms. The third-order valence-electron chi connectivity index (χ3n) is 3.47. The number of carbonyl (C=O) groups excluding carboxylic acids is 2. The molecule has 3 rings (SSSR count). The van der Waals surface area contributed by atoms with Gasteiger partial charge >= 0.3 is 0 Å². The van der Waals surface area contributed by atoms with Crippen LogP contribution in [0.4, 0.5) is 0 Å². The Morgan fingerprint density at radius 1 is 1.33 bits per heavy atom. The molecule has 1 aromatic heterocycles. The standard InChI is InChI=1S/C15H15N3O3/c16-14(19)12-7-9(8-17-12)15(20)18-11-5-6-21-13-4-2-1-3-10(11)13/h1-4,7-8,11,17H,5-6H2,(H2,16,19)(H,18,20)/t11-/m1/s1. The molecule has 0 fully saturated rings. The van der Waals surface area contributed by atoms with E-state index in [4.69, 9.17) is 10.5 Å². The average Bonchev–Trinajstić information content (AvgIpc) is 2.98. The number of amides is 2. The summed E-state index contributed by atoms with van der Waals surface area (Å²) in [5.41, 5.74) is 6.71. The van der Waals surface area contributed by atoms with Crippen LogP contribution in [0.25, 0.3) is 0 Å². The number of benzene rings is 1. The Morgan fingerprint density at radius 3 is 2.90 bits per heavy atom. The van der Waals surface area contributed by atoms with Gasteiger partial charge in [0.1, 0.15) is 11.4 Å². The fraction of sp³-hybridized carbons (Fsp3) is 0.200. The van der Waals surface area contributed by atoms with Crippen LogP contribution in [0.5, 0.6) is 5.75 Å². The van der Waals surface area contributed by atoms with Crippen molar-refractivity contribution in [1.82, 2.24) is 10.3 Å². The monoisotopic (exact) mass is 285 g/mol. The van der Waals surface area contributed by atoms with Gasteiger partial charge in [0.2, 0.25) is 0 Å². The minimum Gasteiger partial charge on any atom is -0.493 e. The van der Waals surface area contributed by atoms with Crippen LogP contribution in [0.2, 0.25) is 0 Å². The Labute approximate surface area is 121 Å². The zero-order valence-corrected chi connectivity index (χ0v) is 11.3. The predicted octanol–water partition coefficient (Wildman–Crippen LogP) is 1.37. The normalized spacial score (nSPS) is 16.7. The summed E-state index contributed by atoms with van der Waals surface area (Å²) < 4.78 is 5.56. The maximum atomic E-state index is 12.2. The van der Waals surface area contributed by atoms with Crippen molar-refractivity contribution in [2.45, 2.75) is 12.5 Å². The number of primary amides is 1. The minimum absolute atomic E-state index is 0.102. The second-order valence-corrected chi connectivity index (χ2v) is 4.87. The highest BCUT2D eigenvalue weighted by Gasteiger charge is 2.23. The molecule has 2 aromatic rings. The Kier molecular flexibility index (Phi) is 3.35. The molecule has 0 saturated carbocycles. The Bertz CT molecular complexity index is 693. The third-order valence-corrected chi connectivity index (χ3v) is 3.47. The highest BCUT2D eigenvalue weighted by Crippen LogP contribution is 2.31. The summed E-state index contributed by atoms with van der Waals surface area (Å²) in [5, 5.41) is 2.95. The van der Waals surface area contributed by atoms with Gasteiger partial charge in [-0.25, -0.2) is 0 Å². The average molecular weight is 285 g/mol. The van der Waals surface area contributed by atoms with Crippen LogP contribution in [-0.4, -0.2) is 23.4 Å². The van der Waals surface area contributed by atoms with Crippen molar-refractivity contribution in [3.8, 4) is 5.75 Å². The van der Waals surface area contributed by atoms with E-state index in [2.05, 4.69) is 10.3 Å². The van der Waals surface area contributed by atoms with E-state index < -0.39 is 5.91 Å². The molecule has 1 aliphatic rings. The second-order valence-electron chi connectivity index (χ2n) is 4.87. The predicted molar refractivity (Wildman–Crippen MR) is 76.1 cm³/mol. The SMILES string of the molecule is NC(=O)c1cc(C(=O)N[C@@H]2CCOc3ccccc32)c[nH]1. The molecule has 1 aromatic carbocycles. The van der Waals surface area contributed by atoms with E-state index in [0.717, 1.165) is 11.3 Å². The molecular weight excluding hydrogens is 270 g/mol. The number of ether oxygens (including phenoxy) is 1. The summed E-state index contributed by atoms with van der Waals surface area (Å²) in [6, 6.07) is 8.97. The van der Waals surface area contributed by atoms with E-state index in [9.17, 15) is 9.59 Å². The molecule has 108 valence electrons. The summed E-state index contributed by atoms with van der Waals surface area (Å²) in [6.45, 7) is 0.557. The lowest BCUT2D eigenvalue weighted by Gasteiger charge is -2.26. The smallest absolute Gasteiger partial charge is 0.265 e. The molecule has 4 N–H and O–H groups in total. The van der Waals surface area contributed by atoms with Gasteiger partial charge < -0.3 is 20.8 Å². The molecule has 1 atom stereocenters. The van der Waals surface area contributed by atoms with Gasteiger partial charge in [0.25, 0.3) is 11.8 Å². The molecule has 0 spiro atoms. The van der Waals surface area contributed by atoms with Crippen LogP contribution >= 0.6 is 0 Å². The highest BCUT2D eigenvalue weighted by molar-refractivity contribution is 5.98. The van der Waals surface area contributed by atoms with Crippen molar-refractivity contribution in [1.29, 1.82) is 0 Å². The van der Waals surface area contributed by atoms with Crippen LogP contribution in [0.15, 0.2) is 36.5 Å². The third kappa shape index (κ3) is 2.60. The Hall–Kier alpha value is -2.76. The largest absolute Gasteiger partial charge is 0.493 e. The first-order valence-electron chi connectivity index (χ1n) is 6.66. The lowest BCUT2D eigenvalue weighted by molar-refractivity contribution is 0.0924. The summed E-state index contributed by atoms with van der Waals surface area (Å²) in [7, 11) is 0. The number of H-pyrrole nitrogens is 1. The van der Waals surface area contributed by atoms with Crippen LogP contribution in [0.1, 0.15) is 38.9 Å². The van der Waals surface area contributed by atoms with Gasteiger partial charge in [-0.15, -0.1) is 0 Å². The number of para-hydroxylation sites is 1. The van der Waals surface area contributed by atoms with Crippen molar-refractivity contribution in [2.75, 3.05) is 6.61 Å². The molecule has 0 unspecified atom stereocenters. The number of aromatic nitrogens is 1. The van der Waals surface area contributed by atoms with Gasteiger partial charge in [-0.1, -0.05) is 18.2 Å². The molecule has 21 heavy (non-hydrogen) atoms. The molecule has 1 aliphatic heterocycles. The quantitative estimate of drug-likeness (QED) is 0.794. The van der Waals surface area contributed by atoms with Crippen LogP contribution in [-0.2, 0) is 0 Å². The molecule has 6 heteroatoms. The van der Waals surface area contributed by atoms with E-state index in [-0.39, 0.29) is 17.6 Å². The summed E-state index contributed by atoms with van der Waals surface area (Å²) in [4.78, 5) is 26.0. The van der Waals surface area contributed by atoms with Crippen molar-refractivity contribution in [3.63, 3.8) is 0 Å². The first kappa shape index (κ1) is 13.2. The van der Waals surface area contributed by atoms with Gasteiger partial charge in [0, 0.05) is 18.2 Å². The molecule has 0 radical (unpaired) electrons. The van der Waals surface area contributed by atoms with E-state index in [0.29, 0.717) is 18.6 Å². The molecule has 6 nitrogen and oxygen atoms in total. The number of fused-ring (bicyclic) bond motifs is 1. The molecule has 0 saturated heterocycles. The van der Waals surface area contributed by atoms with E-state index in [1.54, 1.807) is 0 Å². The topological polar surface area (TPSA) is 97.2 Å². The Balaban J connectivity index is 1.77. The second kappa shape index (κ2) is 5.32. The summed E-state index contributed by atoms with van der Waals surface area (Å²) >= 11 is 0. The number of aromatic amines is 1. The number of rotatable bonds is 3. The highest BCUT2D eigenvalue weighted by atomic mass is 16.5. The maximum Gasteiger partial charge on any atom is 0.265 e. The summed E-state index contributed by atoms with van der Waals surface area (Å²) in [6.07, 6.45) is 2.18. The van der Waals surface area contributed by atoms with Crippen LogP contribution in [0.3, 0.4) is 0 Å². The lowest BCUT2D eigenvalue weighted by Crippen LogP contribution is -2.31. The number of nitrogens with two attached hydrogens (primary N) is 1. The number of hydrogen-bond donors (Lipinski definition) is 3.